The Morgan fingerprint density at radius 1 is 1.12 bits per heavy atom. The van der Waals surface area contributed by atoms with Gasteiger partial charge in [-0.05, 0) is 11.6 Å². The number of anilines is 1. The Hall–Kier alpha value is -2.43. The first-order valence-electron chi connectivity index (χ1n) is 5.09. The Kier molecular flexibility index (Phi) is 3.64. The number of nitrogens with zero attached hydrogens (tertiary/aromatic N) is 2. The topological polar surface area (TPSA) is 64.1 Å². The Bertz CT molecular complexity index is 474. The molecular weight excluding hydrogens is 218 g/mol. The summed E-state index contributed by atoms with van der Waals surface area (Å²) in [5.41, 5.74) is 0.927. The van der Waals surface area contributed by atoms with Gasteiger partial charge in [-0.3, -0.25) is 5.32 Å². The van der Waals surface area contributed by atoms with Gasteiger partial charge in [-0.25, -0.2) is 14.8 Å². The van der Waals surface area contributed by atoms with Crippen LogP contribution in [0.2, 0.25) is 0 Å². The summed E-state index contributed by atoms with van der Waals surface area (Å²) in [6.45, 7) is 0.222. The number of hydrogen-bond acceptors (Lipinski definition) is 4. The van der Waals surface area contributed by atoms with E-state index in [9.17, 15) is 4.79 Å². The van der Waals surface area contributed by atoms with Crippen LogP contribution < -0.4 is 5.32 Å². The summed E-state index contributed by atoms with van der Waals surface area (Å²) in [4.78, 5) is 19.1. The van der Waals surface area contributed by atoms with Crippen molar-refractivity contribution in [1.29, 1.82) is 0 Å². The number of benzene rings is 1. The maximum Gasteiger partial charge on any atom is 0.414 e. The maximum atomic E-state index is 11.4. The fourth-order valence-electron chi connectivity index (χ4n) is 1.21. The Morgan fingerprint density at radius 2 is 1.82 bits per heavy atom. The minimum absolute atomic E-state index is 0.222. The van der Waals surface area contributed by atoms with Crippen molar-refractivity contribution >= 4 is 12.0 Å². The number of ether oxygens (including phenoxy) is 1. The van der Waals surface area contributed by atoms with E-state index in [1.54, 1.807) is 18.5 Å². The molecule has 0 aliphatic carbocycles. The summed E-state index contributed by atoms with van der Waals surface area (Å²) in [7, 11) is 0. The molecule has 0 atom stereocenters. The standard InChI is InChI=1S/C12H11N3O2/c16-12(15-11-13-7-4-8-14-11)17-9-10-5-2-1-3-6-10/h1-8H,9H2,(H,13,14,15,16). The monoisotopic (exact) mass is 229 g/mol. The third kappa shape index (κ3) is 3.57. The van der Waals surface area contributed by atoms with Gasteiger partial charge in [-0.1, -0.05) is 30.3 Å². The van der Waals surface area contributed by atoms with Crippen molar-refractivity contribution in [2.75, 3.05) is 5.32 Å². The summed E-state index contributed by atoms with van der Waals surface area (Å²) in [6, 6.07) is 11.1. The highest BCUT2D eigenvalue weighted by molar-refractivity contribution is 5.82. The van der Waals surface area contributed by atoms with Crippen LogP contribution in [-0.4, -0.2) is 16.1 Å². The van der Waals surface area contributed by atoms with Gasteiger partial charge < -0.3 is 4.74 Å². The van der Waals surface area contributed by atoms with Crippen molar-refractivity contribution in [3.63, 3.8) is 0 Å². The minimum Gasteiger partial charge on any atom is -0.444 e. The van der Waals surface area contributed by atoms with Crippen LogP contribution >= 0.6 is 0 Å². The summed E-state index contributed by atoms with van der Waals surface area (Å²) >= 11 is 0. The zero-order valence-corrected chi connectivity index (χ0v) is 9.04. The van der Waals surface area contributed by atoms with Gasteiger partial charge in [0.05, 0.1) is 0 Å². The number of carbonyl (C=O) groups excluding carboxylic acids is 1. The molecule has 5 nitrogen and oxygen atoms in total. The molecule has 5 heteroatoms. The van der Waals surface area contributed by atoms with Crippen molar-refractivity contribution < 1.29 is 9.53 Å². The third-order valence-electron chi connectivity index (χ3n) is 1.99. The van der Waals surface area contributed by atoms with E-state index in [1.165, 1.54) is 0 Å². The van der Waals surface area contributed by atoms with E-state index in [0.29, 0.717) is 0 Å². The van der Waals surface area contributed by atoms with E-state index in [1.807, 2.05) is 30.3 Å². The lowest BCUT2D eigenvalue weighted by Crippen LogP contribution is -2.15. The van der Waals surface area contributed by atoms with Crippen molar-refractivity contribution in [2.45, 2.75) is 6.61 Å². The van der Waals surface area contributed by atoms with Crippen molar-refractivity contribution in [1.82, 2.24) is 9.97 Å². The fraction of sp³-hybridized carbons (Fsp3) is 0.0833. The molecule has 0 aliphatic rings. The summed E-state index contributed by atoms with van der Waals surface area (Å²) in [5, 5.41) is 2.43. The normalized spacial score (nSPS) is 9.65. The number of hydrogen-bond donors (Lipinski definition) is 1. The Labute approximate surface area is 98.5 Å². The summed E-state index contributed by atoms with van der Waals surface area (Å²) in [5.74, 6) is 0.227. The van der Waals surface area contributed by atoms with E-state index < -0.39 is 6.09 Å². The molecule has 0 saturated carbocycles. The van der Waals surface area contributed by atoms with Gasteiger partial charge in [0.2, 0.25) is 5.95 Å². The first-order valence-corrected chi connectivity index (χ1v) is 5.09. The number of rotatable bonds is 3. The molecule has 1 N–H and O–H groups in total. The van der Waals surface area contributed by atoms with Crippen LogP contribution in [-0.2, 0) is 11.3 Å². The van der Waals surface area contributed by atoms with Crippen LogP contribution in [0.25, 0.3) is 0 Å². The number of amides is 1. The molecule has 0 aliphatic heterocycles. The van der Waals surface area contributed by atoms with E-state index in [-0.39, 0.29) is 12.6 Å². The molecule has 0 fully saturated rings. The van der Waals surface area contributed by atoms with Gasteiger partial charge in [-0.15, -0.1) is 0 Å². The summed E-state index contributed by atoms with van der Waals surface area (Å²) < 4.78 is 5.00. The first kappa shape index (κ1) is 11.1. The molecule has 2 rings (SSSR count). The molecule has 0 radical (unpaired) electrons. The molecule has 0 unspecified atom stereocenters. The third-order valence-corrected chi connectivity index (χ3v) is 1.99. The second kappa shape index (κ2) is 5.60. The predicted molar refractivity (Wildman–Crippen MR) is 62.3 cm³/mol. The SMILES string of the molecule is O=C(Nc1ncccn1)OCc1ccccc1. The highest BCUT2D eigenvalue weighted by Gasteiger charge is 2.04. The quantitative estimate of drug-likeness (QED) is 0.876. The first-order chi connectivity index (χ1) is 8.34. The molecule has 17 heavy (non-hydrogen) atoms. The van der Waals surface area contributed by atoms with Gasteiger partial charge in [0.1, 0.15) is 6.61 Å². The molecule has 1 aromatic heterocycles. The largest absolute Gasteiger partial charge is 0.444 e. The van der Waals surface area contributed by atoms with Crippen LogP contribution in [0.5, 0.6) is 0 Å². The van der Waals surface area contributed by atoms with Gasteiger partial charge in [0.25, 0.3) is 0 Å². The molecule has 86 valence electrons. The van der Waals surface area contributed by atoms with Crippen LogP contribution in [0.15, 0.2) is 48.8 Å². The smallest absolute Gasteiger partial charge is 0.414 e. The lowest BCUT2D eigenvalue weighted by Gasteiger charge is -2.05. The van der Waals surface area contributed by atoms with E-state index in [2.05, 4.69) is 15.3 Å². The highest BCUT2D eigenvalue weighted by Crippen LogP contribution is 2.02. The molecule has 2 aromatic rings. The Balaban J connectivity index is 1.83. The van der Waals surface area contributed by atoms with Gasteiger partial charge in [0, 0.05) is 12.4 Å². The van der Waals surface area contributed by atoms with Gasteiger partial charge in [-0.2, -0.15) is 0 Å². The average Bonchev–Trinajstić information content (AvgIpc) is 2.39. The van der Waals surface area contributed by atoms with Gasteiger partial charge >= 0.3 is 6.09 Å². The van der Waals surface area contributed by atoms with Crippen molar-refractivity contribution in [3.05, 3.63) is 54.4 Å². The minimum atomic E-state index is -0.569. The van der Waals surface area contributed by atoms with Crippen molar-refractivity contribution in [2.24, 2.45) is 0 Å². The zero-order valence-electron chi connectivity index (χ0n) is 9.04. The molecule has 0 bridgehead atoms. The number of carbonyl (C=O) groups is 1. The second-order valence-corrected chi connectivity index (χ2v) is 3.26. The van der Waals surface area contributed by atoms with Crippen LogP contribution in [0.3, 0.4) is 0 Å². The van der Waals surface area contributed by atoms with Crippen LogP contribution in [0.4, 0.5) is 10.7 Å². The average molecular weight is 229 g/mol. The van der Waals surface area contributed by atoms with Crippen LogP contribution in [0.1, 0.15) is 5.56 Å². The number of nitrogens with one attached hydrogen (secondary N) is 1. The molecule has 1 aromatic carbocycles. The highest BCUT2D eigenvalue weighted by atomic mass is 16.5. The number of aromatic nitrogens is 2. The molecule has 0 saturated heterocycles. The molecule has 0 spiro atoms. The second-order valence-electron chi connectivity index (χ2n) is 3.26. The van der Waals surface area contributed by atoms with E-state index in [4.69, 9.17) is 4.74 Å². The van der Waals surface area contributed by atoms with Gasteiger partial charge in [0.15, 0.2) is 0 Å². The lowest BCUT2D eigenvalue weighted by molar-refractivity contribution is 0.155. The van der Waals surface area contributed by atoms with Crippen LogP contribution in [0, 0.1) is 0 Å². The molecular formula is C12H11N3O2. The molecule has 1 amide bonds. The predicted octanol–water partition coefficient (Wildman–Crippen LogP) is 2.23. The summed E-state index contributed by atoms with van der Waals surface area (Å²) in [6.07, 6.45) is 2.51. The van der Waals surface area contributed by atoms with E-state index >= 15 is 0 Å². The van der Waals surface area contributed by atoms with Crippen molar-refractivity contribution in [3.8, 4) is 0 Å². The zero-order chi connectivity index (χ0) is 11.9. The maximum absolute atomic E-state index is 11.4. The fourth-order valence-corrected chi connectivity index (χ4v) is 1.21. The Morgan fingerprint density at radius 3 is 2.53 bits per heavy atom. The lowest BCUT2D eigenvalue weighted by atomic mass is 10.2. The molecule has 1 heterocycles. The van der Waals surface area contributed by atoms with E-state index in [0.717, 1.165) is 5.56 Å².